The van der Waals surface area contributed by atoms with Crippen LogP contribution in [-0.2, 0) is 6.54 Å². The van der Waals surface area contributed by atoms with Crippen LogP contribution in [-0.4, -0.2) is 6.04 Å². The summed E-state index contributed by atoms with van der Waals surface area (Å²) in [7, 11) is 0. The number of halogens is 2. The SMILES string of the molecule is Clc1ccc(Cl)c(CNC2CC=CC2)c1. The largest absolute Gasteiger partial charge is 0.309 e. The minimum Gasteiger partial charge on any atom is -0.309 e. The number of nitrogens with one attached hydrogen (secondary N) is 1. The van der Waals surface area contributed by atoms with Crippen molar-refractivity contribution in [1.82, 2.24) is 5.32 Å². The molecule has 0 spiro atoms. The van der Waals surface area contributed by atoms with Gasteiger partial charge in [-0.2, -0.15) is 0 Å². The van der Waals surface area contributed by atoms with Gasteiger partial charge in [-0.25, -0.2) is 0 Å². The average molecular weight is 242 g/mol. The van der Waals surface area contributed by atoms with E-state index in [9.17, 15) is 0 Å². The number of hydrogen-bond donors (Lipinski definition) is 1. The van der Waals surface area contributed by atoms with Crippen molar-refractivity contribution in [3.8, 4) is 0 Å². The summed E-state index contributed by atoms with van der Waals surface area (Å²) in [4.78, 5) is 0. The fourth-order valence-electron chi connectivity index (χ4n) is 1.72. The summed E-state index contributed by atoms with van der Waals surface area (Å²) in [6.07, 6.45) is 6.63. The Morgan fingerprint density at radius 3 is 2.67 bits per heavy atom. The summed E-state index contributed by atoms with van der Waals surface area (Å²) in [5.41, 5.74) is 1.07. The summed E-state index contributed by atoms with van der Waals surface area (Å²) >= 11 is 12.0. The van der Waals surface area contributed by atoms with E-state index in [0.717, 1.165) is 35.0 Å². The van der Waals surface area contributed by atoms with Gasteiger partial charge in [0.05, 0.1) is 0 Å². The second kappa shape index (κ2) is 5.02. The lowest BCUT2D eigenvalue weighted by Gasteiger charge is -2.12. The fraction of sp³-hybridized carbons (Fsp3) is 0.333. The van der Waals surface area contributed by atoms with Crippen molar-refractivity contribution in [3.63, 3.8) is 0 Å². The molecule has 0 saturated carbocycles. The Labute approximate surface area is 100 Å². The third kappa shape index (κ3) is 2.97. The van der Waals surface area contributed by atoms with Crippen molar-refractivity contribution in [1.29, 1.82) is 0 Å². The van der Waals surface area contributed by atoms with Crippen LogP contribution in [0.25, 0.3) is 0 Å². The van der Waals surface area contributed by atoms with Crippen LogP contribution in [0, 0.1) is 0 Å². The zero-order valence-electron chi connectivity index (χ0n) is 8.34. The molecule has 0 atom stereocenters. The van der Waals surface area contributed by atoms with Gasteiger partial charge in [0.2, 0.25) is 0 Å². The van der Waals surface area contributed by atoms with Crippen LogP contribution in [0.4, 0.5) is 0 Å². The lowest BCUT2D eigenvalue weighted by Crippen LogP contribution is -2.25. The molecule has 1 N–H and O–H groups in total. The molecule has 1 aromatic rings. The molecule has 0 radical (unpaired) electrons. The molecule has 0 fully saturated rings. The molecule has 80 valence electrons. The minimum atomic E-state index is 0.556. The van der Waals surface area contributed by atoms with Crippen molar-refractivity contribution in [2.45, 2.75) is 25.4 Å². The molecule has 1 aromatic carbocycles. The smallest absolute Gasteiger partial charge is 0.0451 e. The third-order valence-corrected chi connectivity index (χ3v) is 3.20. The summed E-state index contributed by atoms with van der Waals surface area (Å²) < 4.78 is 0. The zero-order chi connectivity index (χ0) is 10.7. The molecule has 1 aliphatic carbocycles. The van der Waals surface area contributed by atoms with Crippen LogP contribution < -0.4 is 5.32 Å². The maximum Gasteiger partial charge on any atom is 0.0451 e. The highest BCUT2D eigenvalue weighted by Crippen LogP contribution is 2.21. The molecular weight excluding hydrogens is 229 g/mol. The van der Waals surface area contributed by atoms with Gasteiger partial charge in [0, 0.05) is 22.6 Å². The van der Waals surface area contributed by atoms with Crippen molar-refractivity contribution in [2.24, 2.45) is 0 Å². The first kappa shape index (κ1) is 11.0. The van der Waals surface area contributed by atoms with E-state index >= 15 is 0 Å². The van der Waals surface area contributed by atoms with Crippen LogP contribution >= 0.6 is 23.2 Å². The molecule has 0 unspecified atom stereocenters. The van der Waals surface area contributed by atoms with Crippen molar-refractivity contribution >= 4 is 23.2 Å². The van der Waals surface area contributed by atoms with Gasteiger partial charge >= 0.3 is 0 Å². The molecule has 1 nitrogen and oxygen atoms in total. The standard InChI is InChI=1S/C12H13Cl2N/c13-10-5-6-12(14)9(7-10)8-15-11-3-1-2-4-11/h1-2,5-7,11,15H,3-4,8H2. The Kier molecular flexibility index (Phi) is 3.68. The van der Waals surface area contributed by atoms with Crippen molar-refractivity contribution in [3.05, 3.63) is 46.0 Å². The van der Waals surface area contributed by atoms with Crippen molar-refractivity contribution < 1.29 is 0 Å². The van der Waals surface area contributed by atoms with Gasteiger partial charge in [-0.1, -0.05) is 35.4 Å². The first-order valence-corrected chi connectivity index (χ1v) is 5.83. The molecular formula is C12H13Cl2N. The Morgan fingerprint density at radius 2 is 1.93 bits per heavy atom. The quantitative estimate of drug-likeness (QED) is 0.795. The second-order valence-electron chi connectivity index (χ2n) is 3.76. The molecule has 1 aliphatic rings. The zero-order valence-corrected chi connectivity index (χ0v) is 9.85. The van der Waals surface area contributed by atoms with Crippen LogP contribution in [0.5, 0.6) is 0 Å². The number of hydrogen-bond acceptors (Lipinski definition) is 1. The maximum atomic E-state index is 6.07. The van der Waals surface area contributed by atoms with E-state index in [1.807, 2.05) is 18.2 Å². The molecule has 2 rings (SSSR count). The predicted molar refractivity (Wildman–Crippen MR) is 65.5 cm³/mol. The van der Waals surface area contributed by atoms with Gasteiger partial charge in [0.1, 0.15) is 0 Å². The van der Waals surface area contributed by atoms with Gasteiger partial charge in [0.15, 0.2) is 0 Å². The number of rotatable bonds is 3. The first-order valence-electron chi connectivity index (χ1n) is 5.08. The van der Waals surface area contributed by atoms with E-state index in [0.29, 0.717) is 6.04 Å². The van der Waals surface area contributed by atoms with Crippen LogP contribution in [0.1, 0.15) is 18.4 Å². The van der Waals surface area contributed by atoms with Gasteiger partial charge < -0.3 is 5.32 Å². The highest BCUT2D eigenvalue weighted by atomic mass is 35.5. The Balaban J connectivity index is 1.95. The average Bonchev–Trinajstić information content (AvgIpc) is 2.72. The molecule has 0 heterocycles. The summed E-state index contributed by atoms with van der Waals surface area (Å²) in [6, 6.07) is 6.12. The van der Waals surface area contributed by atoms with Gasteiger partial charge in [-0.3, -0.25) is 0 Å². The first-order chi connectivity index (χ1) is 7.25. The van der Waals surface area contributed by atoms with Gasteiger partial charge in [-0.05, 0) is 36.6 Å². The second-order valence-corrected chi connectivity index (χ2v) is 4.60. The van der Waals surface area contributed by atoms with Crippen LogP contribution in [0.3, 0.4) is 0 Å². The monoisotopic (exact) mass is 241 g/mol. The molecule has 15 heavy (non-hydrogen) atoms. The molecule has 0 aliphatic heterocycles. The highest BCUT2D eigenvalue weighted by molar-refractivity contribution is 6.33. The molecule has 0 amide bonds. The number of benzene rings is 1. The van der Waals surface area contributed by atoms with E-state index < -0.39 is 0 Å². The summed E-state index contributed by atoms with van der Waals surface area (Å²) in [5.74, 6) is 0. The fourth-order valence-corrected chi connectivity index (χ4v) is 2.10. The predicted octanol–water partition coefficient (Wildman–Crippen LogP) is 3.80. The Hall–Kier alpha value is -0.500. The Morgan fingerprint density at radius 1 is 1.20 bits per heavy atom. The lowest BCUT2D eigenvalue weighted by molar-refractivity contribution is 0.538. The third-order valence-electron chi connectivity index (χ3n) is 2.60. The van der Waals surface area contributed by atoms with Gasteiger partial charge in [0.25, 0.3) is 0 Å². The molecule has 0 bridgehead atoms. The van der Waals surface area contributed by atoms with Crippen molar-refractivity contribution in [2.75, 3.05) is 0 Å². The molecule has 3 heteroatoms. The summed E-state index contributed by atoms with van der Waals surface area (Å²) in [6.45, 7) is 0.783. The van der Waals surface area contributed by atoms with E-state index in [2.05, 4.69) is 17.5 Å². The minimum absolute atomic E-state index is 0.556. The normalized spacial score (nSPS) is 16.1. The summed E-state index contributed by atoms with van der Waals surface area (Å²) in [5, 5.41) is 4.97. The van der Waals surface area contributed by atoms with E-state index in [4.69, 9.17) is 23.2 Å². The lowest BCUT2D eigenvalue weighted by atomic mass is 10.2. The Bertz CT molecular complexity index is 366. The molecule has 0 saturated heterocycles. The topological polar surface area (TPSA) is 12.0 Å². The highest BCUT2D eigenvalue weighted by Gasteiger charge is 2.10. The van der Waals surface area contributed by atoms with Crippen LogP contribution in [0.15, 0.2) is 30.4 Å². The maximum absolute atomic E-state index is 6.07. The van der Waals surface area contributed by atoms with E-state index in [1.54, 1.807) is 0 Å². The van der Waals surface area contributed by atoms with E-state index in [-0.39, 0.29) is 0 Å². The van der Waals surface area contributed by atoms with Crippen LogP contribution in [0.2, 0.25) is 10.0 Å². The van der Waals surface area contributed by atoms with Gasteiger partial charge in [-0.15, -0.1) is 0 Å². The molecule has 0 aromatic heterocycles. The van der Waals surface area contributed by atoms with E-state index in [1.165, 1.54) is 0 Å².